The molecule has 0 saturated carbocycles. The Labute approximate surface area is 130 Å². The predicted molar refractivity (Wildman–Crippen MR) is 83.9 cm³/mol. The van der Waals surface area contributed by atoms with Gasteiger partial charge < -0.3 is 20.7 Å². The van der Waals surface area contributed by atoms with Crippen LogP contribution >= 0.6 is 12.4 Å². The van der Waals surface area contributed by atoms with Crippen molar-refractivity contribution >= 4 is 35.6 Å². The smallest absolute Gasteiger partial charge is 0.226 e. The van der Waals surface area contributed by atoms with E-state index in [4.69, 9.17) is 4.74 Å². The lowest BCUT2D eigenvalue weighted by Gasteiger charge is -2.23. The monoisotopic (exact) mass is 313 g/mol. The van der Waals surface area contributed by atoms with Crippen molar-refractivity contribution in [3.63, 3.8) is 0 Å². The molecule has 0 spiro atoms. The molecule has 116 valence electrons. The van der Waals surface area contributed by atoms with Crippen LogP contribution in [0.3, 0.4) is 0 Å². The normalized spacial score (nSPS) is 17.5. The second kappa shape index (κ2) is 8.61. The second-order valence-corrected chi connectivity index (χ2v) is 4.74. The molecule has 1 saturated heterocycles. The molecule has 2 rings (SSSR count). The molecule has 7 heteroatoms. The van der Waals surface area contributed by atoms with Crippen molar-refractivity contribution in [2.24, 2.45) is 0 Å². The molecule has 1 aliphatic rings. The predicted octanol–water partition coefficient (Wildman–Crippen LogP) is 1.38. The lowest BCUT2D eigenvalue weighted by molar-refractivity contribution is -0.117. The minimum Gasteiger partial charge on any atom is -0.378 e. The van der Waals surface area contributed by atoms with Crippen molar-refractivity contribution in [2.45, 2.75) is 19.4 Å². The van der Waals surface area contributed by atoms with Crippen LogP contribution < -0.4 is 16.0 Å². The molecule has 0 bridgehead atoms. The third-order valence-electron chi connectivity index (χ3n) is 2.92. The third-order valence-corrected chi connectivity index (χ3v) is 2.92. The summed E-state index contributed by atoms with van der Waals surface area (Å²) >= 11 is 0. The molecule has 0 aromatic heterocycles. The van der Waals surface area contributed by atoms with Gasteiger partial charge in [-0.1, -0.05) is 0 Å². The van der Waals surface area contributed by atoms with Gasteiger partial charge in [0.1, 0.15) is 0 Å². The van der Waals surface area contributed by atoms with Crippen LogP contribution in [-0.4, -0.2) is 37.6 Å². The number of carbonyl (C=O) groups excluding carboxylic acids is 2. The maximum Gasteiger partial charge on any atom is 0.226 e. The maximum absolute atomic E-state index is 11.9. The van der Waals surface area contributed by atoms with Gasteiger partial charge in [-0.25, -0.2) is 0 Å². The zero-order chi connectivity index (χ0) is 14.4. The lowest BCUT2D eigenvalue weighted by atomic mass is 10.2. The van der Waals surface area contributed by atoms with E-state index < -0.39 is 0 Å². The number of benzene rings is 1. The molecular formula is C14H20ClN3O3. The summed E-state index contributed by atoms with van der Waals surface area (Å²) in [7, 11) is 0. The average molecular weight is 314 g/mol. The molecule has 21 heavy (non-hydrogen) atoms. The zero-order valence-corrected chi connectivity index (χ0v) is 12.7. The maximum atomic E-state index is 11.9. The van der Waals surface area contributed by atoms with Crippen LogP contribution in [0, 0.1) is 0 Å². The van der Waals surface area contributed by atoms with Gasteiger partial charge in [0, 0.05) is 37.3 Å². The highest BCUT2D eigenvalue weighted by Gasteiger charge is 2.16. The molecule has 0 aliphatic carbocycles. The molecule has 3 N–H and O–H groups in total. The molecule has 0 radical (unpaired) electrons. The number of halogens is 1. The number of amides is 2. The number of morpholine rings is 1. The van der Waals surface area contributed by atoms with Gasteiger partial charge in [0.2, 0.25) is 11.8 Å². The van der Waals surface area contributed by atoms with Gasteiger partial charge in [-0.05, 0) is 24.3 Å². The first kappa shape index (κ1) is 17.4. The van der Waals surface area contributed by atoms with E-state index in [0.717, 1.165) is 6.54 Å². The van der Waals surface area contributed by atoms with E-state index in [-0.39, 0.29) is 30.3 Å². The van der Waals surface area contributed by atoms with Crippen molar-refractivity contribution in [1.29, 1.82) is 0 Å². The summed E-state index contributed by atoms with van der Waals surface area (Å²) in [5.74, 6) is -0.176. The summed E-state index contributed by atoms with van der Waals surface area (Å²) in [6.07, 6.45) is 0.382. The molecule has 2 amide bonds. The van der Waals surface area contributed by atoms with Gasteiger partial charge in [-0.3, -0.25) is 9.59 Å². The number of rotatable bonds is 4. The Morgan fingerprint density at radius 2 is 1.86 bits per heavy atom. The number of ether oxygens (including phenoxy) is 1. The van der Waals surface area contributed by atoms with Crippen LogP contribution in [0.15, 0.2) is 24.3 Å². The minimum atomic E-state index is -0.120. The van der Waals surface area contributed by atoms with Crippen molar-refractivity contribution in [3.05, 3.63) is 24.3 Å². The van der Waals surface area contributed by atoms with Gasteiger partial charge >= 0.3 is 0 Å². The summed E-state index contributed by atoms with van der Waals surface area (Å²) in [6, 6.07) is 7.09. The van der Waals surface area contributed by atoms with Crippen molar-refractivity contribution < 1.29 is 14.3 Å². The molecule has 1 fully saturated rings. The molecule has 1 atom stereocenters. The Bertz CT molecular complexity index is 473. The first-order valence-corrected chi connectivity index (χ1v) is 6.62. The number of carbonyl (C=O) groups is 2. The van der Waals surface area contributed by atoms with Crippen LogP contribution in [-0.2, 0) is 14.3 Å². The highest BCUT2D eigenvalue weighted by molar-refractivity contribution is 5.92. The molecule has 1 aromatic carbocycles. The van der Waals surface area contributed by atoms with Gasteiger partial charge in [-0.15, -0.1) is 12.4 Å². The average Bonchev–Trinajstić information content (AvgIpc) is 2.41. The van der Waals surface area contributed by atoms with E-state index in [2.05, 4.69) is 16.0 Å². The number of anilines is 2. The topological polar surface area (TPSA) is 79.5 Å². The Hall–Kier alpha value is -1.63. The fourth-order valence-corrected chi connectivity index (χ4v) is 2.03. The fraction of sp³-hybridized carbons (Fsp3) is 0.429. The van der Waals surface area contributed by atoms with Gasteiger partial charge in [0.25, 0.3) is 0 Å². The first-order chi connectivity index (χ1) is 9.63. The largest absolute Gasteiger partial charge is 0.378 e. The summed E-state index contributed by atoms with van der Waals surface area (Å²) in [5, 5.41) is 8.73. The Balaban J connectivity index is 0.00000220. The minimum absolute atomic E-state index is 0. The summed E-state index contributed by atoms with van der Waals surface area (Å²) < 4.78 is 5.30. The van der Waals surface area contributed by atoms with E-state index >= 15 is 0 Å². The van der Waals surface area contributed by atoms with Crippen LogP contribution in [0.1, 0.15) is 13.3 Å². The molecule has 6 nitrogen and oxygen atoms in total. The summed E-state index contributed by atoms with van der Waals surface area (Å²) in [4.78, 5) is 22.8. The quantitative estimate of drug-likeness (QED) is 0.784. The highest BCUT2D eigenvalue weighted by Crippen LogP contribution is 2.14. The van der Waals surface area contributed by atoms with Crippen molar-refractivity contribution in [1.82, 2.24) is 5.32 Å². The van der Waals surface area contributed by atoms with E-state index in [1.807, 2.05) is 0 Å². The molecule has 1 heterocycles. The zero-order valence-electron chi connectivity index (χ0n) is 11.8. The number of hydrogen-bond acceptors (Lipinski definition) is 4. The summed E-state index contributed by atoms with van der Waals surface area (Å²) in [5.41, 5.74) is 1.42. The van der Waals surface area contributed by atoms with Gasteiger partial charge in [0.05, 0.1) is 13.2 Å². The van der Waals surface area contributed by atoms with E-state index in [0.29, 0.717) is 31.0 Å². The fourth-order valence-electron chi connectivity index (χ4n) is 2.03. The number of hydrogen-bond donors (Lipinski definition) is 3. The molecule has 1 aromatic rings. The standard InChI is InChI=1S/C14H19N3O3.ClH/c1-10(18)16-11-2-4-12(5-3-11)17-14(19)8-13-9-20-7-6-15-13;/h2-5,13,15H,6-9H2,1H3,(H,16,18)(H,17,19);1H. The van der Waals surface area contributed by atoms with Crippen LogP contribution in [0.4, 0.5) is 11.4 Å². The summed E-state index contributed by atoms with van der Waals surface area (Å²) in [6.45, 7) is 3.50. The SMILES string of the molecule is CC(=O)Nc1ccc(NC(=O)CC2COCCN2)cc1.Cl. The van der Waals surface area contributed by atoms with Crippen LogP contribution in [0.2, 0.25) is 0 Å². The number of nitrogens with one attached hydrogen (secondary N) is 3. The van der Waals surface area contributed by atoms with Crippen molar-refractivity contribution in [3.8, 4) is 0 Å². The second-order valence-electron chi connectivity index (χ2n) is 4.74. The van der Waals surface area contributed by atoms with Crippen LogP contribution in [0.5, 0.6) is 0 Å². The molecule has 1 unspecified atom stereocenters. The van der Waals surface area contributed by atoms with Gasteiger partial charge in [0.15, 0.2) is 0 Å². The van der Waals surface area contributed by atoms with Crippen molar-refractivity contribution in [2.75, 3.05) is 30.4 Å². The Morgan fingerprint density at radius 3 is 2.38 bits per heavy atom. The molecular weight excluding hydrogens is 294 g/mol. The first-order valence-electron chi connectivity index (χ1n) is 6.62. The van der Waals surface area contributed by atoms with E-state index in [1.165, 1.54) is 6.92 Å². The highest BCUT2D eigenvalue weighted by atomic mass is 35.5. The Morgan fingerprint density at radius 1 is 1.24 bits per heavy atom. The third kappa shape index (κ3) is 6.12. The van der Waals surface area contributed by atoms with E-state index in [9.17, 15) is 9.59 Å². The Kier molecular flexibility index (Phi) is 7.14. The van der Waals surface area contributed by atoms with Crippen LogP contribution in [0.25, 0.3) is 0 Å². The van der Waals surface area contributed by atoms with E-state index in [1.54, 1.807) is 24.3 Å². The lowest BCUT2D eigenvalue weighted by Crippen LogP contribution is -2.43. The molecule has 1 aliphatic heterocycles. The van der Waals surface area contributed by atoms with Gasteiger partial charge in [-0.2, -0.15) is 0 Å².